The Morgan fingerprint density at radius 3 is 2.65 bits per heavy atom. The van der Waals surface area contributed by atoms with Crippen LogP contribution < -0.4 is 5.32 Å². The monoisotopic (exact) mass is 422 g/mol. The molecule has 2 aliphatic heterocycles. The van der Waals surface area contributed by atoms with Gasteiger partial charge in [0, 0.05) is 39.8 Å². The van der Waals surface area contributed by atoms with Crippen molar-refractivity contribution in [1.82, 2.24) is 20.0 Å². The van der Waals surface area contributed by atoms with E-state index in [4.69, 9.17) is 0 Å². The van der Waals surface area contributed by atoms with Crippen LogP contribution in [0.15, 0.2) is 42.5 Å². The van der Waals surface area contributed by atoms with Crippen molar-refractivity contribution in [3.63, 3.8) is 0 Å². The normalized spacial score (nSPS) is 20.5. The van der Waals surface area contributed by atoms with E-state index in [2.05, 4.69) is 45.4 Å². The molecule has 0 bridgehead atoms. The number of benzene rings is 2. The summed E-state index contributed by atoms with van der Waals surface area (Å²) in [6.07, 6.45) is 4.05. The average Bonchev–Trinajstić information content (AvgIpc) is 2.80. The molecule has 2 heterocycles. The number of fused-ring (bicyclic) bond motifs is 1. The SMILES string of the molecule is CN(CCN1CCCCC1)C(=O)C[C@@H]1C(=O)NCCN1Cc1ccc2ccccc2c1. The number of rotatable bonds is 7. The first-order chi connectivity index (χ1) is 15.1. The van der Waals surface area contributed by atoms with Gasteiger partial charge in [-0.2, -0.15) is 0 Å². The number of piperidine rings is 1. The summed E-state index contributed by atoms with van der Waals surface area (Å²) < 4.78 is 0. The van der Waals surface area contributed by atoms with Crippen LogP contribution in [-0.4, -0.2) is 78.9 Å². The summed E-state index contributed by atoms with van der Waals surface area (Å²) in [7, 11) is 1.86. The lowest BCUT2D eigenvalue weighted by atomic mass is 10.0. The lowest BCUT2D eigenvalue weighted by Crippen LogP contribution is -2.56. The van der Waals surface area contributed by atoms with Gasteiger partial charge in [-0.25, -0.2) is 0 Å². The van der Waals surface area contributed by atoms with Gasteiger partial charge in [0.15, 0.2) is 0 Å². The molecule has 2 aromatic carbocycles. The minimum Gasteiger partial charge on any atom is -0.353 e. The highest BCUT2D eigenvalue weighted by Gasteiger charge is 2.32. The van der Waals surface area contributed by atoms with E-state index in [1.807, 2.05) is 19.2 Å². The number of piperazine rings is 1. The fourth-order valence-electron chi connectivity index (χ4n) is 4.67. The molecular weight excluding hydrogens is 388 g/mol. The van der Waals surface area contributed by atoms with Gasteiger partial charge in [-0.15, -0.1) is 0 Å². The molecule has 2 saturated heterocycles. The van der Waals surface area contributed by atoms with Crippen molar-refractivity contribution in [1.29, 1.82) is 0 Å². The standard InChI is InChI=1S/C25H34N4O2/c1-27(15-16-28-12-5-2-6-13-28)24(30)18-23-25(31)26-11-14-29(23)19-20-9-10-21-7-3-4-8-22(21)17-20/h3-4,7-10,17,23H,2,5-6,11-16,18-19H2,1H3,(H,26,31)/t23-/m1/s1. The van der Waals surface area contributed by atoms with Crippen molar-refractivity contribution in [2.45, 2.75) is 38.3 Å². The van der Waals surface area contributed by atoms with E-state index in [-0.39, 0.29) is 18.2 Å². The van der Waals surface area contributed by atoms with Crippen LogP contribution in [0.5, 0.6) is 0 Å². The Hall–Kier alpha value is -2.44. The van der Waals surface area contributed by atoms with Crippen LogP contribution in [-0.2, 0) is 16.1 Å². The summed E-state index contributed by atoms with van der Waals surface area (Å²) >= 11 is 0. The van der Waals surface area contributed by atoms with Gasteiger partial charge in [0.05, 0.1) is 12.5 Å². The number of nitrogens with one attached hydrogen (secondary N) is 1. The minimum atomic E-state index is -0.412. The number of hydrogen-bond donors (Lipinski definition) is 1. The van der Waals surface area contributed by atoms with E-state index in [1.54, 1.807) is 4.90 Å². The van der Waals surface area contributed by atoms with Crippen molar-refractivity contribution < 1.29 is 9.59 Å². The average molecular weight is 423 g/mol. The molecule has 6 heteroatoms. The first-order valence-corrected chi connectivity index (χ1v) is 11.6. The summed E-state index contributed by atoms with van der Waals surface area (Å²) in [5, 5.41) is 5.36. The molecule has 0 unspecified atom stereocenters. The summed E-state index contributed by atoms with van der Waals surface area (Å²) in [5.41, 5.74) is 1.17. The molecule has 2 aliphatic rings. The molecule has 0 aliphatic carbocycles. The third-order valence-corrected chi connectivity index (χ3v) is 6.64. The van der Waals surface area contributed by atoms with Crippen LogP contribution in [0.25, 0.3) is 10.8 Å². The maximum atomic E-state index is 12.9. The van der Waals surface area contributed by atoms with Crippen molar-refractivity contribution in [2.24, 2.45) is 0 Å². The molecule has 2 aromatic rings. The van der Waals surface area contributed by atoms with Gasteiger partial charge in [0.25, 0.3) is 0 Å². The first kappa shape index (κ1) is 21.8. The molecule has 31 heavy (non-hydrogen) atoms. The van der Waals surface area contributed by atoms with Crippen molar-refractivity contribution in [2.75, 3.05) is 46.3 Å². The second kappa shape index (κ2) is 10.2. The molecular formula is C25H34N4O2. The van der Waals surface area contributed by atoms with Gasteiger partial charge in [-0.3, -0.25) is 14.5 Å². The molecule has 166 valence electrons. The molecule has 6 nitrogen and oxygen atoms in total. The zero-order valence-electron chi connectivity index (χ0n) is 18.6. The van der Waals surface area contributed by atoms with Crippen LogP contribution in [0.3, 0.4) is 0 Å². The van der Waals surface area contributed by atoms with Crippen LogP contribution >= 0.6 is 0 Å². The molecule has 0 saturated carbocycles. The highest BCUT2D eigenvalue weighted by atomic mass is 16.2. The molecule has 0 aromatic heterocycles. The fraction of sp³-hybridized carbons (Fsp3) is 0.520. The van der Waals surface area contributed by atoms with Crippen LogP contribution in [0.1, 0.15) is 31.2 Å². The van der Waals surface area contributed by atoms with E-state index in [0.717, 1.165) is 32.7 Å². The summed E-state index contributed by atoms with van der Waals surface area (Å²) in [4.78, 5) is 31.9. The maximum absolute atomic E-state index is 12.9. The highest BCUT2D eigenvalue weighted by molar-refractivity contribution is 5.89. The van der Waals surface area contributed by atoms with E-state index >= 15 is 0 Å². The molecule has 2 amide bonds. The van der Waals surface area contributed by atoms with E-state index < -0.39 is 6.04 Å². The number of likely N-dealkylation sites (N-methyl/N-ethyl adjacent to an activating group) is 1. The van der Waals surface area contributed by atoms with Crippen molar-refractivity contribution in [3.05, 3.63) is 48.0 Å². The van der Waals surface area contributed by atoms with Gasteiger partial charge >= 0.3 is 0 Å². The summed E-state index contributed by atoms with van der Waals surface area (Å²) in [6, 6.07) is 14.3. The lowest BCUT2D eigenvalue weighted by molar-refractivity contribution is -0.138. The zero-order chi connectivity index (χ0) is 21.6. The van der Waals surface area contributed by atoms with Gasteiger partial charge < -0.3 is 15.1 Å². The smallest absolute Gasteiger partial charge is 0.237 e. The van der Waals surface area contributed by atoms with E-state index in [0.29, 0.717) is 13.1 Å². The van der Waals surface area contributed by atoms with Crippen molar-refractivity contribution in [3.8, 4) is 0 Å². The highest BCUT2D eigenvalue weighted by Crippen LogP contribution is 2.20. The Bertz CT molecular complexity index is 909. The lowest BCUT2D eigenvalue weighted by Gasteiger charge is -2.35. The van der Waals surface area contributed by atoms with E-state index in [1.165, 1.54) is 35.6 Å². The zero-order valence-corrected chi connectivity index (χ0v) is 18.6. The largest absolute Gasteiger partial charge is 0.353 e. The minimum absolute atomic E-state index is 0.0372. The summed E-state index contributed by atoms with van der Waals surface area (Å²) in [6.45, 7) is 5.96. The Labute approximate surface area is 185 Å². The second-order valence-corrected chi connectivity index (χ2v) is 8.88. The third-order valence-electron chi connectivity index (χ3n) is 6.64. The van der Waals surface area contributed by atoms with Gasteiger partial charge in [-0.05, 0) is 48.3 Å². The number of nitrogens with zero attached hydrogens (tertiary/aromatic N) is 3. The molecule has 0 radical (unpaired) electrons. The van der Waals surface area contributed by atoms with E-state index in [9.17, 15) is 9.59 Å². The number of likely N-dealkylation sites (tertiary alicyclic amines) is 1. The Kier molecular flexibility index (Phi) is 7.20. The molecule has 0 spiro atoms. The molecule has 1 N–H and O–H groups in total. The third kappa shape index (κ3) is 5.63. The number of amides is 2. The quantitative estimate of drug-likeness (QED) is 0.745. The van der Waals surface area contributed by atoms with Crippen LogP contribution in [0, 0.1) is 0 Å². The van der Waals surface area contributed by atoms with Gasteiger partial charge in [0.2, 0.25) is 11.8 Å². The Balaban J connectivity index is 1.37. The predicted molar refractivity (Wildman–Crippen MR) is 124 cm³/mol. The predicted octanol–water partition coefficient (Wildman–Crippen LogP) is 2.47. The second-order valence-electron chi connectivity index (χ2n) is 8.88. The first-order valence-electron chi connectivity index (χ1n) is 11.6. The van der Waals surface area contributed by atoms with Gasteiger partial charge in [-0.1, -0.05) is 42.8 Å². The van der Waals surface area contributed by atoms with Gasteiger partial charge in [0.1, 0.15) is 0 Å². The molecule has 2 fully saturated rings. The number of carbonyl (C=O) groups excluding carboxylic acids is 2. The van der Waals surface area contributed by atoms with Crippen molar-refractivity contribution >= 4 is 22.6 Å². The fourth-order valence-corrected chi connectivity index (χ4v) is 4.67. The van der Waals surface area contributed by atoms with Crippen LogP contribution in [0.4, 0.5) is 0 Å². The Morgan fingerprint density at radius 1 is 1.06 bits per heavy atom. The number of carbonyl (C=O) groups is 2. The topological polar surface area (TPSA) is 55.9 Å². The molecule has 1 atom stereocenters. The van der Waals surface area contributed by atoms with Crippen LogP contribution in [0.2, 0.25) is 0 Å². The number of hydrogen-bond acceptors (Lipinski definition) is 4. The summed E-state index contributed by atoms with van der Waals surface area (Å²) in [5.74, 6) is 0.00684. The molecule has 4 rings (SSSR count). The maximum Gasteiger partial charge on any atom is 0.237 e. The Morgan fingerprint density at radius 2 is 1.84 bits per heavy atom.